The largest absolute Gasteiger partial charge is 0.312 e. The maximum atomic E-state index is 3.91. The van der Waals surface area contributed by atoms with Gasteiger partial charge in [0.05, 0.1) is 0 Å². The summed E-state index contributed by atoms with van der Waals surface area (Å²) in [5.74, 6) is 3.16. The van der Waals surface area contributed by atoms with Crippen LogP contribution in [0.15, 0.2) is 0 Å². The zero-order chi connectivity index (χ0) is 14.8. The summed E-state index contributed by atoms with van der Waals surface area (Å²) in [4.78, 5) is 5.13. The average Bonchev–Trinajstić information content (AvgIpc) is 3.08. The molecule has 3 nitrogen and oxygen atoms in total. The van der Waals surface area contributed by atoms with E-state index in [9.17, 15) is 0 Å². The Bertz CT molecular complexity index is 332. The first-order chi connectivity index (χ1) is 10.2. The second-order valence-corrected chi connectivity index (χ2v) is 8.04. The van der Waals surface area contributed by atoms with Crippen LogP contribution in [0.5, 0.6) is 0 Å². The summed E-state index contributed by atoms with van der Waals surface area (Å²) < 4.78 is 0. The van der Waals surface area contributed by atoms with Gasteiger partial charge in [-0.15, -0.1) is 0 Å². The van der Waals surface area contributed by atoms with Gasteiger partial charge in [0, 0.05) is 31.7 Å². The molecule has 0 aromatic rings. The molecule has 1 heterocycles. The van der Waals surface area contributed by atoms with E-state index < -0.39 is 0 Å². The Morgan fingerprint density at radius 2 is 2.00 bits per heavy atom. The van der Waals surface area contributed by atoms with Crippen molar-refractivity contribution in [1.29, 1.82) is 0 Å². The van der Waals surface area contributed by atoms with E-state index in [1.807, 2.05) is 0 Å². The summed E-state index contributed by atoms with van der Waals surface area (Å²) in [6, 6.07) is 1.40. The maximum absolute atomic E-state index is 3.91. The van der Waals surface area contributed by atoms with E-state index in [1.165, 1.54) is 58.3 Å². The van der Waals surface area contributed by atoms with E-state index in [4.69, 9.17) is 0 Å². The fourth-order valence-corrected chi connectivity index (χ4v) is 5.18. The highest BCUT2D eigenvalue weighted by molar-refractivity contribution is 4.96. The number of nitrogens with zero attached hydrogens (tertiary/aromatic N) is 2. The molecule has 0 aromatic heterocycles. The van der Waals surface area contributed by atoms with Crippen molar-refractivity contribution in [3.05, 3.63) is 0 Å². The molecule has 0 aromatic carbocycles. The van der Waals surface area contributed by atoms with E-state index in [-0.39, 0.29) is 0 Å². The van der Waals surface area contributed by atoms with E-state index in [2.05, 4.69) is 36.1 Å². The second-order valence-electron chi connectivity index (χ2n) is 8.04. The molecule has 3 heteroatoms. The van der Waals surface area contributed by atoms with Crippen molar-refractivity contribution >= 4 is 0 Å². The van der Waals surface area contributed by atoms with Crippen molar-refractivity contribution in [2.45, 2.75) is 57.5 Å². The maximum Gasteiger partial charge on any atom is 0.0374 e. The minimum atomic E-state index is 0.696. The standard InChI is InChI=1S/C18H35N3/c1-4-7-19-17(18-13-20(2)8-9-21(18)3)12-16-11-14-5-6-15(16)10-14/h14-19H,4-13H2,1-3H3. The van der Waals surface area contributed by atoms with E-state index in [1.54, 1.807) is 6.42 Å². The summed E-state index contributed by atoms with van der Waals surface area (Å²) in [5, 5.41) is 3.91. The lowest BCUT2D eigenvalue weighted by Crippen LogP contribution is -2.59. The van der Waals surface area contributed by atoms with Gasteiger partial charge in [0.2, 0.25) is 0 Å². The van der Waals surface area contributed by atoms with Crippen molar-refractivity contribution in [1.82, 2.24) is 15.1 Å². The Morgan fingerprint density at radius 1 is 1.14 bits per heavy atom. The van der Waals surface area contributed by atoms with Crippen LogP contribution in [0.1, 0.15) is 45.4 Å². The van der Waals surface area contributed by atoms with Gasteiger partial charge in [0.25, 0.3) is 0 Å². The number of nitrogens with one attached hydrogen (secondary N) is 1. The highest BCUT2D eigenvalue weighted by Crippen LogP contribution is 2.50. The van der Waals surface area contributed by atoms with Gasteiger partial charge in [-0.05, 0) is 70.5 Å². The Labute approximate surface area is 131 Å². The SMILES string of the molecule is CCCNC(CC1CC2CCC1C2)C1CN(C)CCN1C. The highest BCUT2D eigenvalue weighted by atomic mass is 15.3. The van der Waals surface area contributed by atoms with Crippen LogP contribution in [0.3, 0.4) is 0 Å². The number of likely N-dealkylation sites (N-methyl/N-ethyl adjacent to an activating group) is 2. The summed E-state index contributed by atoms with van der Waals surface area (Å²) in [6.07, 6.45) is 8.80. The Balaban J connectivity index is 1.62. The molecule has 3 rings (SSSR count). The molecule has 2 bridgehead atoms. The number of rotatable bonds is 6. The third-order valence-electron chi connectivity index (χ3n) is 6.46. The molecular formula is C18H35N3. The lowest BCUT2D eigenvalue weighted by Gasteiger charge is -2.43. The van der Waals surface area contributed by atoms with Gasteiger partial charge < -0.3 is 10.2 Å². The molecule has 5 unspecified atom stereocenters. The molecule has 0 spiro atoms. The average molecular weight is 293 g/mol. The summed E-state index contributed by atoms with van der Waals surface area (Å²) in [7, 11) is 4.62. The molecule has 1 saturated heterocycles. The van der Waals surface area contributed by atoms with Crippen LogP contribution in [0.4, 0.5) is 0 Å². The van der Waals surface area contributed by atoms with Crippen LogP contribution in [0.2, 0.25) is 0 Å². The van der Waals surface area contributed by atoms with Crippen molar-refractivity contribution in [3.8, 4) is 0 Å². The van der Waals surface area contributed by atoms with Gasteiger partial charge in [-0.3, -0.25) is 4.90 Å². The van der Waals surface area contributed by atoms with Crippen LogP contribution < -0.4 is 5.32 Å². The van der Waals surface area contributed by atoms with Gasteiger partial charge in [-0.25, -0.2) is 0 Å². The van der Waals surface area contributed by atoms with Crippen molar-refractivity contribution in [2.24, 2.45) is 17.8 Å². The first kappa shape index (κ1) is 15.8. The number of hydrogen-bond donors (Lipinski definition) is 1. The quantitative estimate of drug-likeness (QED) is 0.811. The molecule has 122 valence electrons. The summed E-state index contributed by atoms with van der Waals surface area (Å²) in [5.41, 5.74) is 0. The minimum absolute atomic E-state index is 0.696. The third kappa shape index (κ3) is 3.62. The van der Waals surface area contributed by atoms with E-state index in [0.717, 1.165) is 17.8 Å². The van der Waals surface area contributed by atoms with Gasteiger partial charge in [0.15, 0.2) is 0 Å². The fraction of sp³-hybridized carbons (Fsp3) is 1.00. The molecule has 21 heavy (non-hydrogen) atoms. The molecule has 3 aliphatic rings. The molecule has 2 saturated carbocycles. The lowest BCUT2D eigenvalue weighted by atomic mass is 9.82. The second kappa shape index (κ2) is 6.97. The minimum Gasteiger partial charge on any atom is -0.312 e. The van der Waals surface area contributed by atoms with Crippen molar-refractivity contribution in [2.75, 3.05) is 40.3 Å². The van der Waals surface area contributed by atoms with E-state index >= 15 is 0 Å². The molecule has 1 aliphatic heterocycles. The monoisotopic (exact) mass is 293 g/mol. The van der Waals surface area contributed by atoms with Crippen LogP contribution in [0, 0.1) is 17.8 Å². The molecule has 1 N–H and O–H groups in total. The first-order valence-corrected chi connectivity index (χ1v) is 9.29. The Hall–Kier alpha value is -0.120. The van der Waals surface area contributed by atoms with Gasteiger partial charge in [0.1, 0.15) is 0 Å². The molecule has 5 atom stereocenters. The van der Waals surface area contributed by atoms with Gasteiger partial charge in [-0.1, -0.05) is 13.3 Å². The third-order valence-corrected chi connectivity index (χ3v) is 6.46. The first-order valence-electron chi connectivity index (χ1n) is 9.29. The topological polar surface area (TPSA) is 18.5 Å². The lowest BCUT2D eigenvalue weighted by molar-refractivity contribution is 0.0764. The van der Waals surface area contributed by atoms with Gasteiger partial charge >= 0.3 is 0 Å². The van der Waals surface area contributed by atoms with Crippen molar-refractivity contribution < 1.29 is 0 Å². The smallest absolute Gasteiger partial charge is 0.0374 e. The molecule has 3 fully saturated rings. The van der Waals surface area contributed by atoms with E-state index in [0.29, 0.717) is 12.1 Å². The molecular weight excluding hydrogens is 258 g/mol. The molecule has 0 radical (unpaired) electrons. The zero-order valence-electron chi connectivity index (χ0n) is 14.4. The van der Waals surface area contributed by atoms with Gasteiger partial charge in [-0.2, -0.15) is 0 Å². The Morgan fingerprint density at radius 3 is 2.67 bits per heavy atom. The predicted molar refractivity (Wildman–Crippen MR) is 89.6 cm³/mol. The zero-order valence-corrected chi connectivity index (χ0v) is 14.4. The predicted octanol–water partition coefficient (Wildman–Crippen LogP) is 2.43. The van der Waals surface area contributed by atoms with Crippen LogP contribution in [-0.4, -0.2) is 62.2 Å². The Kier molecular flexibility index (Phi) is 5.23. The van der Waals surface area contributed by atoms with Crippen LogP contribution in [0.25, 0.3) is 0 Å². The number of piperazine rings is 1. The van der Waals surface area contributed by atoms with Crippen molar-refractivity contribution in [3.63, 3.8) is 0 Å². The normalized spacial score (nSPS) is 39.0. The number of fused-ring (bicyclic) bond motifs is 2. The number of hydrogen-bond acceptors (Lipinski definition) is 3. The summed E-state index contributed by atoms with van der Waals surface area (Å²) in [6.45, 7) is 7.15. The fourth-order valence-electron chi connectivity index (χ4n) is 5.18. The van der Waals surface area contributed by atoms with Crippen LogP contribution in [-0.2, 0) is 0 Å². The molecule has 2 aliphatic carbocycles. The molecule has 0 amide bonds. The summed E-state index contributed by atoms with van der Waals surface area (Å²) >= 11 is 0. The highest BCUT2D eigenvalue weighted by Gasteiger charge is 2.41. The van der Waals surface area contributed by atoms with Crippen LogP contribution >= 0.6 is 0 Å².